The summed E-state index contributed by atoms with van der Waals surface area (Å²) >= 11 is 0. The summed E-state index contributed by atoms with van der Waals surface area (Å²) in [5, 5.41) is 9.35. The molecule has 0 aliphatic rings. The summed E-state index contributed by atoms with van der Waals surface area (Å²) in [5.41, 5.74) is 0.337. The Balaban J connectivity index is 4.40. The van der Waals surface area contributed by atoms with Crippen LogP contribution in [-0.2, 0) is 0 Å². The number of hydrogen-bond acceptors (Lipinski definition) is 1. The van der Waals surface area contributed by atoms with Crippen LogP contribution in [0.2, 0.25) is 0 Å². The fourth-order valence-electron chi connectivity index (χ4n) is 3.59. The van der Waals surface area contributed by atoms with E-state index in [0.717, 1.165) is 6.42 Å². The van der Waals surface area contributed by atoms with Crippen LogP contribution in [0.1, 0.15) is 124 Å². The number of nitriles is 1. The highest BCUT2D eigenvalue weighted by molar-refractivity contribution is 4.89. The predicted octanol–water partition coefficient (Wildman–Crippen LogP) is 7.80. The molecule has 0 saturated carbocycles. The van der Waals surface area contributed by atoms with E-state index in [1.54, 1.807) is 0 Å². The molecule has 0 unspecified atom stereocenters. The third-order valence-electron chi connectivity index (χ3n) is 5.14. The van der Waals surface area contributed by atoms with Crippen molar-refractivity contribution in [3.8, 4) is 6.07 Å². The standard InChI is InChI=1S/C21H41N/c1-4-7-10-12-15-18-21(19-20-22,16-13-9-6-3)17-14-11-8-5-2/h4-19H2,1-3H3/t21-/m1/s1. The van der Waals surface area contributed by atoms with E-state index in [4.69, 9.17) is 0 Å². The summed E-state index contributed by atoms with van der Waals surface area (Å²) in [4.78, 5) is 0. The van der Waals surface area contributed by atoms with E-state index in [-0.39, 0.29) is 0 Å². The smallest absolute Gasteiger partial charge is 0.0627 e. The maximum Gasteiger partial charge on any atom is 0.0627 e. The number of rotatable bonds is 16. The van der Waals surface area contributed by atoms with Crippen LogP contribution < -0.4 is 0 Å². The fraction of sp³-hybridized carbons (Fsp3) is 0.952. The first-order valence-electron chi connectivity index (χ1n) is 10.1. The van der Waals surface area contributed by atoms with Gasteiger partial charge in [-0.05, 0) is 24.7 Å². The largest absolute Gasteiger partial charge is 0.198 e. The first kappa shape index (κ1) is 21.5. The van der Waals surface area contributed by atoms with Gasteiger partial charge < -0.3 is 0 Å². The molecule has 0 aromatic carbocycles. The van der Waals surface area contributed by atoms with E-state index >= 15 is 0 Å². The summed E-state index contributed by atoms with van der Waals surface area (Å²) in [6, 6.07) is 2.53. The number of nitrogens with zero attached hydrogens (tertiary/aromatic N) is 1. The van der Waals surface area contributed by atoms with Gasteiger partial charge in [-0.1, -0.05) is 97.8 Å². The Morgan fingerprint density at radius 2 is 0.955 bits per heavy atom. The number of unbranched alkanes of at least 4 members (excludes halogenated alkanes) is 9. The van der Waals surface area contributed by atoms with Crippen molar-refractivity contribution in [3.63, 3.8) is 0 Å². The second-order valence-electron chi connectivity index (χ2n) is 7.27. The molecule has 0 N–H and O–H groups in total. The molecule has 130 valence electrons. The van der Waals surface area contributed by atoms with Crippen LogP contribution in [0.3, 0.4) is 0 Å². The molecule has 0 aliphatic carbocycles. The zero-order valence-electron chi connectivity index (χ0n) is 15.8. The van der Waals surface area contributed by atoms with Crippen LogP contribution in [-0.4, -0.2) is 0 Å². The minimum Gasteiger partial charge on any atom is -0.198 e. The van der Waals surface area contributed by atoms with Gasteiger partial charge in [0.25, 0.3) is 0 Å². The second-order valence-corrected chi connectivity index (χ2v) is 7.27. The molecule has 0 rings (SSSR count). The van der Waals surface area contributed by atoms with E-state index in [1.165, 1.54) is 96.3 Å². The Labute approximate surface area is 140 Å². The first-order chi connectivity index (χ1) is 10.7. The molecular weight excluding hydrogens is 266 g/mol. The van der Waals surface area contributed by atoms with E-state index in [9.17, 15) is 5.26 Å². The highest BCUT2D eigenvalue weighted by Crippen LogP contribution is 2.40. The molecule has 0 heterocycles. The molecular formula is C21H41N. The Morgan fingerprint density at radius 1 is 0.591 bits per heavy atom. The van der Waals surface area contributed by atoms with Gasteiger partial charge in [0.2, 0.25) is 0 Å². The van der Waals surface area contributed by atoms with Gasteiger partial charge in [-0.25, -0.2) is 0 Å². The van der Waals surface area contributed by atoms with Gasteiger partial charge in [0.15, 0.2) is 0 Å². The number of hydrogen-bond donors (Lipinski definition) is 0. The van der Waals surface area contributed by atoms with Crippen molar-refractivity contribution in [1.29, 1.82) is 5.26 Å². The molecule has 0 amide bonds. The van der Waals surface area contributed by atoms with E-state index in [0.29, 0.717) is 5.41 Å². The molecule has 0 bridgehead atoms. The van der Waals surface area contributed by atoms with Crippen LogP contribution in [0.4, 0.5) is 0 Å². The lowest BCUT2D eigenvalue weighted by molar-refractivity contribution is 0.200. The molecule has 0 aromatic rings. The van der Waals surface area contributed by atoms with Gasteiger partial charge in [-0.2, -0.15) is 5.26 Å². The van der Waals surface area contributed by atoms with Crippen LogP contribution in [0, 0.1) is 16.7 Å². The SMILES string of the molecule is CCCCCCC[C@@](CC#N)(CCCCC)CCCCCC. The molecule has 0 radical (unpaired) electrons. The van der Waals surface area contributed by atoms with Crippen molar-refractivity contribution < 1.29 is 0 Å². The van der Waals surface area contributed by atoms with Crippen molar-refractivity contribution in [2.45, 2.75) is 124 Å². The minimum absolute atomic E-state index is 0.337. The average Bonchev–Trinajstić information content (AvgIpc) is 2.52. The fourth-order valence-corrected chi connectivity index (χ4v) is 3.59. The Kier molecular flexibility index (Phi) is 15.0. The zero-order chi connectivity index (χ0) is 16.5. The average molecular weight is 308 g/mol. The van der Waals surface area contributed by atoms with Gasteiger partial charge in [-0.15, -0.1) is 0 Å². The topological polar surface area (TPSA) is 23.8 Å². The van der Waals surface area contributed by atoms with Gasteiger partial charge in [0.1, 0.15) is 0 Å². The molecule has 1 atom stereocenters. The highest BCUT2D eigenvalue weighted by Gasteiger charge is 2.28. The molecule has 0 saturated heterocycles. The van der Waals surface area contributed by atoms with E-state index in [2.05, 4.69) is 26.8 Å². The van der Waals surface area contributed by atoms with E-state index < -0.39 is 0 Å². The molecule has 1 heteroatoms. The maximum atomic E-state index is 9.35. The third kappa shape index (κ3) is 11.1. The van der Waals surface area contributed by atoms with Crippen LogP contribution in [0.5, 0.6) is 0 Å². The Bertz CT molecular complexity index is 266. The summed E-state index contributed by atoms with van der Waals surface area (Å²) in [7, 11) is 0. The Morgan fingerprint density at radius 3 is 1.41 bits per heavy atom. The van der Waals surface area contributed by atoms with Crippen molar-refractivity contribution in [2.24, 2.45) is 5.41 Å². The van der Waals surface area contributed by atoms with Crippen molar-refractivity contribution in [3.05, 3.63) is 0 Å². The van der Waals surface area contributed by atoms with Crippen molar-refractivity contribution in [1.82, 2.24) is 0 Å². The molecule has 1 nitrogen and oxygen atoms in total. The summed E-state index contributed by atoms with van der Waals surface area (Å²) in [6.45, 7) is 6.83. The maximum absolute atomic E-state index is 9.35. The molecule has 22 heavy (non-hydrogen) atoms. The van der Waals surface area contributed by atoms with Crippen molar-refractivity contribution >= 4 is 0 Å². The van der Waals surface area contributed by atoms with Gasteiger partial charge in [0, 0.05) is 6.42 Å². The summed E-state index contributed by atoms with van der Waals surface area (Å²) < 4.78 is 0. The van der Waals surface area contributed by atoms with E-state index in [1.807, 2.05) is 0 Å². The normalized spacial score (nSPS) is 13.7. The van der Waals surface area contributed by atoms with Crippen LogP contribution in [0.25, 0.3) is 0 Å². The Hall–Kier alpha value is -0.510. The highest BCUT2D eigenvalue weighted by atomic mass is 14.4. The monoisotopic (exact) mass is 307 g/mol. The molecule has 0 aromatic heterocycles. The second kappa shape index (κ2) is 15.4. The van der Waals surface area contributed by atoms with Crippen LogP contribution >= 0.6 is 0 Å². The van der Waals surface area contributed by atoms with Gasteiger partial charge >= 0.3 is 0 Å². The predicted molar refractivity (Wildman–Crippen MR) is 98.9 cm³/mol. The quantitative estimate of drug-likeness (QED) is 0.267. The summed E-state index contributed by atoms with van der Waals surface area (Å²) in [5.74, 6) is 0. The lowest BCUT2D eigenvalue weighted by Crippen LogP contribution is -2.21. The lowest BCUT2D eigenvalue weighted by Gasteiger charge is -2.32. The molecule has 0 spiro atoms. The van der Waals surface area contributed by atoms with Crippen LogP contribution in [0.15, 0.2) is 0 Å². The molecule has 0 fully saturated rings. The molecule has 0 aliphatic heterocycles. The van der Waals surface area contributed by atoms with Gasteiger partial charge in [0.05, 0.1) is 6.07 Å². The third-order valence-corrected chi connectivity index (χ3v) is 5.14. The van der Waals surface area contributed by atoms with Gasteiger partial charge in [-0.3, -0.25) is 0 Å². The summed E-state index contributed by atoms with van der Waals surface area (Å²) in [6.07, 6.45) is 20.7. The zero-order valence-corrected chi connectivity index (χ0v) is 15.8. The first-order valence-corrected chi connectivity index (χ1v) is 10.1. The minimum atomic E-state index is 0.337. The lowest BCUT2D eigenvalue weighted by atomic mass is 9.72. The van der Waals surface area contributed by atoms with Crippen molar-refractivity contribution in [2.75, 3.05) is 0 Å².